The van der Waals surface area contributed by atoms with Gasteiger partial charge in [-0.15, -0.1) is 0 Å². The van der Waals surface area contributed by atoms with Crippen LogP contribution in [-0.2, 0) is 17.1 Å². The van der Waals surface area contributed by atoms with Gasteiger partial charge in [-0.25, -0.2) is 8.42 Å². The maximum absolute atomic E-state index is 12.4. The van der Waals surface area contributed by atoms with Crippen LogP contribution in [0.1, 0.15) is 32.3 Å². The van der Waals surface area contributed by atoms with E-state index in [4.69, 9.17) is 0 Å². The van der Waals surface area contributed by atoms with Crippen LogP contribution in [0.25, 0.3) is 0 Å². The van der Waals surface area contributed by atoms with Gasteiger partial charge in [0.1, 0.15) is 10.9 Å². The molecule has 0 fully saturated rings. The van der Waals surface area contributed by atoms with Gasteiger partial charge in [-0.2, -0.15) is 17.9 Å². The largest absolute Gasteiger partial charge is 0.404 e. The Hall–Kier alpha value is -1.02. The van der Waals surface area contributed by atoms with Crippen LogP contribution in [-0.4, -0.2) is 25.2 Å². The second-order valence-corrected chi connectivity index (χ2v) is 6.46. The van der Waals surface area contributed by atoms with Gasteiger partial charge < -0.3 is 4.57 Å². The summed E-state index contributed by atoms with van der Waals surface area (Å²) in [5.74, 6) is -0.103. The van der Waals surface area contributed by atoms with Crippen LogP contribution in [0.15, 0.2) is 17.3 Å². The standard InChI is InChI=1S/C11H17F3N2O2S/c1-7(2)9-5-16(4)6-10(9)19(17,18)15-8(3)11(12,13)14/h5-8,15H,1-4H3/t8-/m1/s1. The fourth-order valence-electron chi connectivity index (χ4n) is 1.60. The van der Waals surface area contributed by atoms with Gasteiger partial charge in [0.25, 0.3) is 0 Å². The minimum absolute atomic E-state index is 0.103. The van der Waals surface area contributed by atoms with Gasteiger partial charge in [0.05, 0.1) is 0 Å². The highest BCUT2D eigenvalue weighted by Gasteiger charge is 2.39. The van der Waals surface area contributed by atoms with Crippen molar-refractivity contribution in [1.82, 2.24) is 9.29 Å². The Morgan fingerprint density at radius 2 is 1.74 bits per heavy atom. The SMILES string of the molecule is CC(C)c1cn(C)cc1S(=O)(=O)N[C@H](C)C(F)(F)F. The number of nitrogens with zero attached hydrogens (tertiary/aromatic N) is 1. The van der Waals surface area contributed by atoms with Crippen molar-refractivity contribution in [2.45, 2.75) is 43.8 Å². The zero-order chi connectivity index (χ0) is 15.0. The Kier molecular flexibility index (Phi) is 4.36. The molecular weight excluding hydrogens is 281 g/mol. The summed E-state index contributed by atoms with van der Waals surface area (Å²) in [6.07, 6.45) is -1.71. The molecule has 1 N–H and O–H groups in total. The van der Waals surface area contributed by atoms with E-state index in [-0.39, 0.29) is 10.8 Å². The van der Waals surface area contributed by atoms with Crippen molar-refractivity contribution >= 4 is 10.0 Å². The highest BCUT2D eigenvalue weighted by molar-refractivity contribution is 7.89. The number of sulfonamides is 1. The molecule has 0 spiro atoms. The lowest BCUT2D eigenvalue weighted by molar-refractivity contribution is -0.147. The van der Waals surface area contributed by atoms with Gasteiger partial charge in [0.2, 0.25) is 10.0 Å². The Morgan fingerprint density at radius 3 is 2.16 bits per heavy atom. The van der Waals surface area contributed by atoms with Crippen LogP contribution in [0.4, 0.5) is 13.2 Å². The van der Waals surface area contributed by atoms with Crippen LogP contribution in [0.2, 0.25) is 0 Å². The number of alkyl halides is 3. The molecule has 0 aliphatic rings. The van der Waals surface area contributed by atoms with Gasteiger partial charge in [-0.1, -0.05) is 13.8 Å². The third kappa shape index (κ3) is 3.73. The molecule has 110 valence electrons. The summed E-state index contributed by atoms with van der Waals surface area (Å²) in [5, 5.41) is 0. The molecule has 0 aromatic carbocycles. The van der Waals surface area contributed by atoms with E-state index in [0.29, 0.717) is 5.56 Å². The maximum Gasteiger partial charge on any atom is 0.404 e. The van der Waals surface area contributed by atoms with Crippen LogP contribution < -0.4 is 4.72 Å². The van der Waals surface area contributed by atoms with Gasteiger partial charge in [0, 0.05) is 19.4 Å². The minimum Gasteiger partial charge on any atom is -0.356 e. The highest BCUT2D eigenvalue weighted by Crippen LogP contribution is 2.26. The fraction of sp³-hybridized carbons (Fsp3) is 0.636. The summed E-state index contributed by atoms with van der Waals surface area (Å²) in [4.78, 5) is -0.110. The molecule has 1 atom stereocenters. The van der Waals surface area contributed by atoms with Crippen molar-refractivity contribution in [1.29, 1.82) is 0 Å². The first-order valence-corrected chi connectivity index (χ1v) is 7.18. The maximum atomic E-state index is 12.4. The normalized spacial score (nSPS) is 14.9. The van der Waals surface area contributed by atoms with E-state index >= 15 is 0 Å². The smallest absolute Gasteiger partial charge is 0.356 e. The molecule has 1 rings (SSSR count). The molecule has 0 aliphatic carbocycles. The second kappa shape index (κ2) is 5.16. The third-order valence-corrected chi connectivity index (χ3v) is 4.27. The van der Waals surface area contributed by atoms with E-state index in [1.54, 1.807) is 31.8 Å². The molecule has 1 aromatic heterocycles. The lowest BCUT2D eigenvalue weighted by Crippen LogP contribution is -2.43. The topological polar surface area (TPSA) is 51.1 Å². The van der Waals surface area contributed by atoms with E-state index in [0.717, 1.165) is 6.92 Å². The summed E-state index contributed by atoms with van der Waals surface area (Å²) in [5.41, 5.74) is 0.490. The van der Waals surface area contributed by atoms with Gasteiger partial charge in [0.15, 0.2) is 0 Å². The van der Waals surface area contributed by atoms with Crippen molar-refractivity contribution < 1.29 is 21.6 Å². The molecule has 0 aliphatic heterocycles. The summed E-state index contributed by atoms with van der Waals surface area (Å²) < 4.78 is 64.5. The van der Waals surface area contributed by atoms with Crippen LogP contribution in [0.5, 0.6) is 0 Å². The van der Waals surface area contributed by atoms with Crippen molar-refractivity contribution in [2.24, 2.45) is 7.05 Å². The number of nitrogens with one attached hydrogen (secondary N) is 1. The van der Waals surface area contributed by atoms with Crippen molar-refractivity contribution in [3.8, 4) is 0 Å². The van der Waals surface area contributed by atoms with Crippen molar-refractivity contribution in [2.75, 3.05) is 0 Å². The van der Waals surface area contributed by atoms with Crippen LogP contribution in [0.3, 0.4) is 0 Å². The zero-order valence-electron chi connectivity index (χ0n) is 11.1. The average molecular weight is 298 g/mol. The van der Waals surface area contributed by atoms with E-state index in [2.05, 4.69) is 0 Å². The lowest BCUT2D eigenvalue weighted by Gasteiger charge is -2.17. The number of aromatic nitrogens is 1. The molecule has 0 saturated heterocycles. The molecular formula is C11H17F3N2O2S. The highest BCUT2D eigenvalue weighted by atomic mass is 32.2. The fourth-order valence-corrected chi connectivity index (χ4v) is 3.23. The first-order valence-electron chi connectivity index (χ1n) is 5.70. The Balaban J connectivity index is 3.15. The number of halogens is 3. The Bertz CT molecular complexity index is 547. The van der Waals surface area contributed by atoms with Crippen molar-refractivity contribution in [3.63, 3.8) is 0 Å². The molecule has 0 radical (unpaired) electrons. The predicted molar refractivity (Wildman–Crippen MR) is 65.3 cm³/mol. The summed E-state index contributed by atoms with van der Waals surface area (Å²) >= 11 is 0. The first kappa shape index (κ1) is 16.0. The number of hydrogen-bond donors (Lipinski definition) is 1. The quantitative estimate of drug-likeness (QED) is 0.928. The van der Waals surface area contributed by atoms with Gasteiger partial charge in [-0.3, -0.25) is 0 Å². The summed E-state index contributed by atoms with van der Waals surface area (Å²) in [6, 6.07) is -2.13. The molecule has 19 heavy (non-hydrogen) atoms. The Morgan fingerprint density at radius 1 is 1.21 bits per heavy atom. The number of hydrogen-bond acceptors (Lipinski definition) is 2. The molecule has 0 saturated carbocycles. The van der Waals surface area contributed by atoms with Gasteiger partial charge in [-0.05, 0) is 18.4 Å². The first-order chi connectivity index (χ1) is 8.45. The molecule has 4 nitrogen and oxygen atoms in total. The molecule has 1 heterocycles. The van der Waals surface area contributed by atoms with E-state index in [9.17, 15) is 21.6 Å². The lowest BCUT2D eigenvalue weighted by atomic mass is 10.1. The molecule has 8 heteroatoms. The minimum atomic E-state index is -4.61. The van der Waals surface area contributed by atoms with Crippen LogP contribution in [0, 0.1) is 0 Å². The summed E-state index contributed by atoms with van der Waals surface area (Å²) in [7, 11) is -2.57. The monoisotopic (exact) mass is 298 g/mol. The molecule has 1 aromatic rings. The van der Waals surface area contributed by atoms with Gasteiger partial charge >= 0.3 is 6.18 Å². The number of aryl methyl sites for hydroxylation is 1. The molecule has 0 bridgehead atoms. The number of rotatable bonds is 4. The second-order valence-electron chi connectivity index (χ2n) is 4.78. The van der Waals surface area contributed by atoms with E-state index in [1.807, 2.05) is 0 Å². The van der Waals surface area contributed by atoms with E-state index < -0.39 is 22.2 Å². The average Bonchev–Trinajstić information content (AvgIpc) is 2.59. The predicted octanol–water partition coefficient (Wildman–Crippen LogP) is 2.38. The van der Waals surface area contributed by atoms with Crippen molar-refractivity contribution in [3.05, 3.63) is 18.0 Å². The Labute approximate surface area is 110 Å². The molecule has 0 amide bonds. The zero-order valence-corrected chi connectivity index (χ0v) is 11.9. The summed E-state index contributed by atoms with van der Waals surface area (Å²) in [6.45, 7) is 4.33. The third-order valence-electron chi connectivity index (χ3n) is 2.68. The van der Waals surface area contributed by atoms with E-state index in [1.165, 1.54) is 10.8 Å². The molecule has 0 unspecified atom stereocenters. The van der Waals surface area contributed by atoms with Crippen LogP contribution >= 0.6 is 0 Å².